The van der Waals surface area contributed by atoms with Gasteiger partial charge in [0.05, 0.1) is 0 Å². The van der Waals surface area contributed by atoms with Gasteiger partial charge in [-0.3, -0.25) is 14.6 Å². The molecule has 2 aromatic rings. The van der Waals surface area contributed by atoms with Crippen LogP contribution >= 0.6 is 0 Å². The van der Waals surface area contributed by atoms with Crippen LogP contribution in [-0.4, -0.2) is 47.9 Å². The number of benzene rings is 1. The first-order valence-electron chi connectivity index (χ1n) is 9.27. The zero-order valence-corrected chi connectivity index (χ0v) is 15.6. The number of rotatable bonds is 6. The molecule has 1 N–H and O–H groups in total. The number of nitrogens with one attached hydrogen (secondary N) is 1. The molecule has 2 heterocycles. The van der Waals surface area contributed by atoms with Crippen molar-refractivity contribution in [2.45, 2.75) is 19.8 Å². The lowest BCUT2D eigenvalue weighted by molar-refractivity contribution is -0.123. The molecule has 1 saturated heterocycles. The van der Waals surface area contributed by atoms with Crippen LogP contribution in [0.2, 0.25) is 0 Å². The monoisotopic (exact) mass is 367 g/mol. The molecule has 1 aromatic heterocycles. The van der Waals surface area contributed by atoms with Crippen molar-refractivity contribution in [1.82, 2.24) is 15.2 Å². The Morgan fingerprint density at radius 2 is 1.78 bits per heavy atom. The summed E-state index contributed by atoms with van der Waals surface area (Å²) in [6, 6.07) is 11.1. The van der Waals surface area contributed by atoms with Gasteiger partial charge in [-0.15, -0.1) is 0 Å². The van der Waals surface area contributed by atoms with E-state index in [1.807, 2.05) is 36.1 Å². The van der Waals surface area contributed by atoms with Crippen molar-refractivity contribution in [3.8, 4) is 5.75 Å². The SMILES string of the molecule is Cc1ccc(OCC(=O)NCC2CCN(C(=O)c3ccncc3)CC2)cc1. The van der Waals surface area contributed by atoms with Crippen molar-refractivity contribution < 1.29 is 14.3 Å². The number of likely N-dealkylation sites (tertiary alicyclic amines) is 1. The van der Waals surface area contributed by atoms with Crippen molar-refractivity contribution in [1.29, 1.82) is 0 Å². The molecule has 0 saturated carbocycles. The number of aromatic nitrogens is 1. The smallest absolute Gasteiger partial charge is 0.257 e. The van der Waals surface area contributed by atoms with E-state index in [-0.39, 0.29) is 18.4 Å². The highest BCUT2D eigenvalue weighted by Crippen LogP contribution is 2.18. The number of pyridine rings is 1. The minimum atomic E-state index is -0.120. The summed E-state index contributed by atoms with van der Waals surface area (Å²) in [4.78, 5) is 30.2. The number of carbonyl (C=O) groups excluding carboxylic acids is 2. The highest BCUT2D eigenvalue weighted by molar-refractivity contribution is 5.94. The fourth-order valence-corrected chi connectivity index (χ4v) is 3.11. The molecule has 0 atom stereocenters. The van der Waals surface area contributed by atoms with Gasteiger partial charge in [-0.25, -0.2) is 0 Å². The van der Waals surface area contributed by atoms with Gasteiger partial charge >= 0.3 is 0 Å². The van der Waals surface area contributed by atoms with Gasteiger partial charge in [0.2, 0.25) is 0 Å². The average Bonchev–Trinajstić information content (AvgIpc) is 2.72. The molecule has 0 spiro atoms. The quantitative estimate of drug-likeness (QED) is 0.851. The Balaban J connectivity index is 1.36. The van der Waals surface area contributed by atoms with Crippen molar-refractivity contribution >= 4 is 11.8 Å². The van der Waals surface area contributed by atoms with Crippen LogP contribution in [0, 0.1) is 12.8 Å². The van der Waals surface area contributed by atoms with Crippen LogP contribution < -0.4 is 10.1 Å². The van der Waals surface area contributed by atoms with E-state index in [0.717, 1.165) is 18.4 Å². The molecule has 6 nitrogen and oxygen atoms in total. The first kappa shape index (κ1) is 18.9. The van der Waals surface area contributed by atoms with Crippen molar-refractivity contribution in [3.05, 3.63) is 59.9 Å². The van der Waals surface area contributed by atoms with Crippen LogP contribution in [0.3, 0.4) is 0 Å². The van der Waals surface area contributed by atoms with Crippen molar-refractivity contribution in [2.75, 3.05) is 26.2 Å². The van der Waals surface area contributed by atoms with Gasteiger partial charge in [0, 0.05) is 37.6 Å². The predicted molar refractivity (Wildman–Crippen MR) is 103 cm³/mol. The Bertz CT molecular complexity index is 754. The lowest BCUT2D eigenvalue weighted by Gasteiger charge is -2.32. The molecule has 1 aromatic carbocycles. The second kappa shape index (κ2) is 9.16. The highest BCUT2D eigenvalue weighted by Gasteiger charge is 2.23. The minimum absolute atomic E-state index is 0.0163. The zero-order chi connectivity index (χ0) is 19.1. The molecule has 1 aliphatic rings. The minimum Gasteiger partial charge on any atom is -0.484 e. The molecule has 27 heavy (non-hydrogen) atoms. The predicted octanol–water partition coefficient (Wildman–Crippen LogP) is 2.44. The molecule has 0 radical (unpaired) electrons. The maximum Gasteiger partial charge on any atom is 0.257 e. The van der Waals surface area contributed by atoms with Gasteiger partial charge in [0.25, 0.3) is 11.8 Å². The maximum absolute atomic E-state index is 12.4. The van der Waals surface area contributed by atoms with Crippen LogP contribution in [0.5, 0.6) is 5.75 Å². The van der Waals surface area contributed by atoms with E-state index in [9.17, 15) is 9.59 Å². The van der Waals surface area contributed by atoms with Crippen LogP contribution in [0.1, 0.15) is 28.8 Å². The van der Waals surface area contributed by atoms with E-state index in [4.69, 9.17) is 4.74 Å². The molecule has 3 rings (SSSR count). The summed E-state index contributed by atoms with van der Waals surface area (Å²) < 4.78 is 5.49. The van der Waals surface area contributed by atoms with Crippen LogP contribution in [-0.2, 0) is 4.79 Å². The molecule has 0 unspecified atom stereocenters. The third kappa shape index (κ3) is 5.54. The number of carbonyl (C=O) groups is 2. The van der Waals surface area contributed by atoms with E-state index >= 15 is 0 Å². The molecule has 0 bridgehead atoms. The molecule has 2 amide bonds. The number of hydrogen-bond donors (Lipinski definition) is 1. The topological polar surface area (TPSA) is 71.5 Å². The second-order valence-electron chi connectivity index (χ2n) is 6.88. The van der Waals surface area contributed by atoms with Crippen molar-refractivity contribution in [3.63, 3.8) is 0 Å². The lowest BCUT2D eigenvalue weighted by Crippen LogP contribution is -2.42. The van der Waals surface area contributed by atoms with Gasteiger partial charge in [-0.2, -0.15) is 0 Å². The van der Waals surface area contributed by atoms with E-state index in [1.54, 1.807) is 24.5 Å². The van der Waals surface area contributed by atoms with Crippen LogP contribution in [0.4, 0.5) is 0 Å². The summed E-state index contributed by atoms with van der Waals surface area (Å²) in [7, 11) is 0. The normalized spacial score (nSPS) is 14.6. The molecule has 142 valence electrons. The number of nitrogens with zero attached hydrogens (tertiary/aromatic N) is 2. The Morgan fingerprint density at radius 3 is 2.44 bits per heavy atom. The average molecular weight is 367 g/mol. The Labute approximate surface area is 159 Å². The Morgan fingerprint density at radius 1 is 1.11 bits per heavy atom. The van der Waals surface area contributed by atoms with Gasteiger partial charge < -0.3 is 15.0 Å². The summed E-state index contributed by atoms with van der Waals surface area (Å²) in [5, 5.41) is 2.93. The summed E-state index contributed by atoms with van der Waals surface area (Å²) in [5.41, 5.74) is 1.82. The van der Waals surface area contributed by atoms with Gasteiger partial charge in [0.1, 0.15) is 5.75 Å². The van der Waals surface area contributed by atoms with E-state index < -0.39 is 0 Å². The number of piperidine rings is 1. The van der Waals surface area contributed by atoms with Crippen molar-refractivity contribution in [2.24, 2.45) is 5.92 Å². The third-order valence-electron chi connectivity index (χ3n) is 4.81. The van der Waals surface area contributed by atoms with E-state index in [1.165, 1.54) is 0 Å². The van der Waals surface area contributed by atoms with Crippen LogP contribution in [0.25, 0.3) is 0 Å². The molecule has 6 heteroatoms. The first-order chi connectivity index (χ1) is 13.1. The highest BCUT2D eigenvalue weighted by atomic mass is 16.5. The summed E-state index contributed by atoms with van der Waals surface area (Å²) in [5.74, 6) is 1.01. The Kier molecular flexibility index (Phi) is 6.41. The van der Waals surface area contributed by atoms with Gasteiger partial charge in [-0.05, 0) is 49.9 Å². The Hall–Kier alpha value is -2.89. The number of aryl methyl sites for hydroxylation is 1. The summed E-state index contributed by atoms with van der Waals surface area (Å²) in [6.45, 7) is 4.06. The molecule has 1 fully saturated rings. The number of ether oxygens (including phenoxy) is 1. The molecular weight excluding hydrogens is 342 g/mol. The fraction of sp³-hybridized carbons (Fsp3) is 0.381. The second-order valence-corrected chi connectivity index (χ2v) is 6.88. The fourth-order valence-electron chi connectivity index (χ4n) is 3.11. The molecule has 1 aliphatic heterocycles. The molecular formula is C21H25N3O3. The molecule has 0 aliphatic carbocycles. The first-order valence-corrected chi connectivity index (χ1v) is 9.27. The summed E-state index contributed by atoms with van der Waals surface area (Å²) in [6.07, 6.45) is 5.04. The van der Waals surface area contributed by atoms with Crippen LogP contribution in [0.15, 0.2) is 48.8 Å². The third-order valence-corrected chi connectivity index (χ3v) is 4.81. The van der Waals surface area contributed by atoms with E-state index in [2.05, 4.69) is 10.3 Å². The lowest BCUT2D eigenvalue weighted by atomic mass is 9.96. The summed E-state index contributed by atoms with van der Waals surface area (Å²) >= 11 is 0. The largest absolute Gasteiger partial charge is 0.484 e. The van der Waals surface area contributed by atoms with Gasteiger partial charge in [-0.1, -0.05) is 17.7 Å². The number of hydrogen-bond acceptors (Lipinski definition) is 4. The number of amides is 2. The maximum atomic E-state index is 12.4. The van der Waals surface area contributed by atoms with Gasteiger partial charge in [0.15, 0.2) is 6.61 Å². The zero-order valence-electron chi connectivity index (χ0n) is 15.6. The standard InChI is InChI=1S/C21H25N3O3/c1-16-2-4-19(5-3-16)27-15-20(25)23-14-17-8-12-24(13-9-17)21(26)18-6-10-22-11-7-18/h2-7,10-11,17H,8-9,12-15H2,1H3,(H,23,25). The van der Waals surface area contributed by atoms with E-state index in [0.29, 0.717) is 36.9 Å².